The van der Waals surface area contributed by atoms with Crippen molar-refractivity contribution in [3.63, 3.8) is 0 Å². The zero-order chi connectivity index (χ0) is 29.6. The topological polar surface area (TPSA) is 127 Å². The smallest absolute Gasteiger partial charge is 0.410 e. The second kappa shape index (κ2) is 10.5. The predicted octanol–water partition coefficient (Wildman–Crippen LogP) is 4.22. The molecule has 2 atom stereocenters. The second-order valence-electron chi connectivity index (χ2n) is 11.2. The molecule has 12 nitrogen and oxygen atoms in total. The molecule has 0 aliphatic carbocycles. The SMILES string of the molecule is COc1ncc2c(N3C[C@@H](C)N(C(=O)OC(C)(C)C)[C@@H](C)C3)ncc(C(=O)Nc3cc(F)c4nc(C)cn4c3)c2n1. The zero-order valence-electron chi connectivity index (χ0n) is 24.1. The number of piperazine rings is 1. The number of aryl methyl sites for hydroxylation is 1. The molecule has 0 bridgehead atoms. The summed E-state index contributed by atoms with van der Waals surface area (Å²) in [6.45, 7) is 12.1. The first-order chi connectivity index (χ1) is 19.3. The number of fused-ring (bicyclic) bond motifs is 2. The standard InChI is InChI=1S/C28H33FN8O4/c1-15-11-35-14-18(8-21(29)24(35)32-15)33-25(38)20-10-30-23(19-9-31-26(40-7)34-22(19)20)36-12-16(2)37(17(3)13-36)27(39)41-28(4,5)6/h8-11,14,16-17H,12-13H2,1-7H3,(H,33,38)/t16-,17+. The third-order valence-corrected chi connectivity index (χ3v) is 6.71. The van der Waals surface area contributed by atoms with E-state index in [9.17, 15) is 14.0 Å². The van der Waals surface area contributed by atoms with Gasteiger partial charge < -0.3 is 24.1 Å². The van der Waals surface area contributed by atoms with Crippen LogP contribution in [0.1, 0.15) is 50.7 Å². The van der Waals surface area contributed by atoms with Crippen LogP contribution >= 0.6 is 0 Å². The molecule has 1 fully saturated rings. The van der Waals surface area contributed by atoms with Crippen molar-refractivity contribution in [3.05, 3.63) is 47.9 Å². The summed E-state index contributed by atoms with van der Waals surface area (Å²) in [5.74, 6) is -0.517. The molecule has 2 amide bonds. The quantitative estimate of drug-likeness (QED) is 0.388. The van der Waals surface area contributed by atoms with Gasteiger partial charge in [-0.1, -0.05) is 0 Å². The van der Waals surface area contributed by atoms with E-state index in [1.807, 2.05) is 39.5 Å². The number of ether oxygens (including phenoxy) is 2. The molecule has 5 heterocycles. The highest BCUT2D eigenvalue weighted by Gasteiger charge is 2.36. The molecule has 4 aromatic heterocycles. The highest BCUT2D eigenvalue weighted by Crippen LogP contribution is 2.31. The van der Waals surface area contributed by atoms with Gasteiger partial charge in [-0.2, -0.15) is 4.98 Å². The number of nitrogens with one attached hydrogen (secondary N) is 1. The monoisotopic (exact) mass is 564 g/mol. The second-order valence-corrected chi connectivity index (χ2v) is 11.2. The van der Waals surface area contributed by atoms with E-state index in [1.54, 1.807) is 30.4 Å². The van der Waals surface area contributed by atoms with E-state index in [-0.39, 0.29) is 41.1 Å². The van der Waals surface area contributed by atoms with Crippen molar-refractivity contribution in [2.24, 2.45) is 0 Å². The van der Waals surface area contributed by atoms with Crippen LogP contribution in [0.2, 0.25) is 0 Å². The number of rotatable bonds is 4. The molecule has 13 heteroatoms. The van der Waals surface area contributed by atoms with E-state index in [2.05, 4.69) is 25.3 Å². The molecule has 0 aromatic carbocycles. The molecule has 0 saturated carbocycles. The Morgan fingerprint density at radius 3 is 2.44 bits per heavy atom. The van der Waals surface area contributed by atoms with Crippen molar-refractivity contribution in [1.82, 2.24) is 29.2 Å². The van der Waals surface area contributed by atoms with E-state index in [4.69, 9.17) is 9.47 Å². The lowest BCUT2D eigenvalue weighted by molar-refractivity contribution is 0.00561. The fourth-order valence-corrected chi connectivity index (χ4v) is 5.12. The average Bonchev–Trinajstić information content (AvgIpc) is 3.26. The largest absolute Gasteiger partial charge is 0.467 e. The van der Waals surface area contributed by atoms with Gasteiger partial charge in [-0.15, -0.1) is 0 Å². The summed E-state index contributed by atoms with van der Waals surface area (Å²) < 4.78 is 27.0. The first-order valence-corrected chi connectivity index (χ1v) is 13.3. The number of aromatic nitrogens is 5. The normalized spacial score (nSPS) is 17.7. The number of carbonyl (C=O) groups is 2. The summed E-state index contributed by atoms with van der Waals surface area (Å²) in [7, 11) is 1.44. The number of hydrogen-bond donors (Lipinski definition) is 1. The highest BCUT2D eigenvalue weighted by molar-refractivity contribution is 6.13. The number of amides is 2. The Morgan fingerprint density at radius 1 is 1.07 bits per heavy atom. The molecule has 5 rings (SSSR count). The Balaban J connectivity index is 1.46. The summed E-state index contributed by atoms with van der Waals surface area (Å²) in [5.41, 5.74) is 0.959. The summed E-state index contributed by atoms with van der Waals surface area (Å²) in [6.07, 6.45) is 5.89. The Morgan fingerprint density at radius 2 is 1.78 bits per heavy atom. The number of pyridine rings is 2. The number of anilines is 2. The van der Waals surface area contributed by atoms with Gasteiger partial charge >= 0.3 is 12.1 Å². The van der Waals surface area contributed by atoms with Gasteiger partial charge in [-0.3, -0.25) is 9.69 Å². The van der Waals surface area contributed by atoms with Gasteiger partial charge in [-0.05, 0) is 41.5 Å². The van der Waals surface area contributed by atoms with Crippen molar-refractivity contribution < 1.29 is 23.5 Å². The van der Waals surface area contributed by atoms with Crippen LogP contribution in [0.4, 0.5) is 20.7 Å². The zero-order valence-corrected chi connectivity index (χ0v) is 24.1. The summed E-state index contributed by atoms with van der Waals surface area (Å²) in [4.78, 5) is 47.6. The summed E-state index contributed by atoms with van der Waals surface area (Å²) >= 11 is 0. The maximum Gasteiger partial charge on any atom is 0.410 e. The van der Waals surface area contributed by atoms with Crippen molar-refractivity contribution in [3.8, 4) is 6.01 Å². The minimum atomic E-state index is -0.604. The lowest BCUT2D eigenvalue weighted by Crippen LogP contribution is -2.59. The highest BCUT2D eigenvalue weighted by atomic mass is 19.1. The molecular weight excluding hydrogens is 531 g/mol. The molecule has 216 valence electrons. The fourth-order valence-electron chi connectivity index (χ4n) is 5.12. The molecular formula is C28H33FN8O4. The van der Waals surface area contributed by atoms with Crippen molar-refractivity contribution in [2.45, 2.75) is 59.2 Å². The Kier molecular flexibility index (Phi) is 7.14. The summed E-state index contributed by atoms with van der Waals surface area (Å²) in [5, 5.41) is 3.28. The van der Waals surface area contributed by atoms with Crippen LogP contribution < -0.4 is 15.0 Å². The average molecular weight is 565 g/mol. The molecule has 0 spiro atoms. The molecule has 1 aliphatic heterocycles. The van der Waals surface area contributed by atoms with E-state index in [0.29, 0.717) is 35.5 Å². The molecule has 0 radical (unpaired) electrons. The predicted molar refractivity (Wildman–Crippen MR) is 151 cm³/mol. The Hall–Kier alpha value is -4.55. The fraction of sp³-hybridized carbons (Fsp3) is 0.429. The number of hydrogen-bond acceptors (Lipinski definition) is 9. The van der Waals surface area contributed by atoms with Crippen LogP contribution in [0.3, 0.4) is 0 Å². The van der Waals surface area contributed by atoms with Crippen molar-refractivity contribution in [1.29, 1.82) is 0 Å². The van der Waals surface area contributed by atoms with E-state index >= 15 is 0 Å². The van der Waals surface area contributed by atoms with E-state index in [1.165, 1.54) is 23.8 Å². The minimum Gasteiger partial charge on any atom is -0.467 e. The first kappa shape index (κ1) is 28.0. The lowest BCUT2D eigenvalue weighted by Gasteiger charge is -2.45. The Bertz CT molecular complexity index is 1640. The molecule has 1 aliphatic rings. The van der Waals surface area contributed by atoms with Gasteiger partial charge in [0.05, 0.1) is 47.0 Å². The molecule has 1 N–H and O–H groups in total. The number of nitrogens with zero attached hydrogens (tertiary/aromatic N) is 7. The van der Waals surface area contributed by atoms with Crippen LogP contribution in [0.25, 0.3) is 16.6 Å². The van der Waals surface area contributed by atoms with Crippen molar-refractivity contribution >= 4 is 40.1 Å². The van der Waals surface area contributed by atoms with E-state index < -0.39 is 17.3 Å². The van der Waals surface area contributed by atoms with Crippen LogP contribution in [0, 0.1) is 12.7 Å². The molecule has 41 heavy (non-hydrogen) atoms. The number of methoxy groups -OCH3 is 1. The number of imidazole rings is 1. The minimum absolute atomic E-state index is 0.0848. The third-order valence-electron chi connectivity index (χ3n) is 6.71. The van der Waals surface area contributed by atoms with Crippen LogP contribution in [-0.4, -0.2) is 79.1 Å². The number of carbonyl (C=O) groups excluding carboxylic acids is 2. The van der Waals surface area contributed by atoms with Crippen LogP contribution in [0.15, 0.2) is 30.9 Å². The van der Waals surface area contributed by atoms with Crippen LogP contribution in [-0.2, 0) is 4.74 Å². The van der Waals surface area contributed by atoms with Gasteiger partial charge in [0, 0.05) is 43.9 Å². The van der Waals surface area contributed by atoms with Gasteiger partial charge in [0.1, 0.15) is 11.4 Å². The van der Waals surface area contributed by atoms with Crippen LogP contribution in [0.5, 0.6) is 6.01 Å². The first-order valence-electron chi connectivity index (χ1n) is 13.3. The van der Waals surface area contributed by atoms with Gasteiger partial charge in [0.25, 0.3) is 5.91 Å². The summed E-state index contributed by atoms with van der Waals surface area (Å²) in [6, 6.07) is 0.946. The molecule has 1 saturated heterocycles. The van der Waals surface area contributed by atoms with Gasteiger partial charge in [0.15, 0.2) is 11.5 Å². The van der Waals surface area contributed by atoms with E-state index in [0.717, 1.165) is 0 Å². The van der Waals surface area contributed by atoms with Gasteiger partial charge in [-0.25, -0.2) is 24.1 Å². The lowest BCUT2D eigenvalue weighted by atomic mass is 10.1. The number of halogens is 1. The molecule has 0 unspecified atom stereocenters. The maximum absolute atomic E-state index is 14.6. The van der Waals surface area contributed by atoms with Gasteiger partial charge in [0.2, 0.25) is 0 Å². The Labute approximate surface area is 236 Å². The van der Waals surface area contributed by atoms with Crippen molar-refractivity contribution in [2.75, 3.05) is 30.4 Å². The molecule has 4 aromatic rings. The maximum atomic E-state index is 14.6. The third kappa shape index (κ3) is 5.56.